The van der Waals surface area contributed by atoms with Crippen LogP contribution in [0.3, 0.4) is 0 Å². The Bertz CT molecular complexity index is 2890. The second-order valence-corrected chi connectivity index (χ2v) is 23.6. The Balaban J connectivity index is 1.43. The fraction of sp³-hybridized carbons (Fsp3) is 0.556. The second-order valence-electron chi connectivity index (χ2n) is 17.6. The molecular weight excluding hydrogens is 1050 g/mol. The van der Waals surface area contributed by atoms with E-state index in [1.165, 1.54) is 43.5 Å². The number of carbonyl (C=O) groups is 3. The molecule has 0 bridgehead atoms. The fourth-order valence-electron chi connectivity index (χ4n) is 8.90. The molecule has 0 saturated carbocycles. The molecule has 2 aromatic rings. The van der Waals surface area contributed by atoms with Crippen molar-refractivity contribution in [2.45, 2.75) is 79.4 Å². The lowest BCUT2D eigenvalue weighted by Crippen LogP contribution is -2.33. The number of hydrogen-bond donors (Lipinski definition) is 4. The maximum absolute atomic E-state index is 12.5. The van der Waals surface area contributed by atoms with Crippen molar-refractivity contribution in [3.63, 3.8) is 0 Å². The predicted molar refractivity (Wildman–Crippen MR) is 260 cm³/mol. The Morgan fingerprint density at radius 1 is 0.685 bits per heavy atom. The minimum absolute atomic E-state index is 0.0274. The number of fused-ring (bicyclic) bond motifs is 2. The molecule has 0 aromatic heterocycles. The Morgan fingerprint density at radius 2 is 1.21 bits per heavy atom. The quantitative estimate of drug-likeness (QED) is 0.0365. The van der Waals surface area contributed by atoms with E-state index >= 15 is 0 Å². The highest BCUT2D eigenvalue weighted by Crippen LogP contribution is 2.51. The molecule has 2 amide bonds. The minimum Gasteiger partial charge on any atom is -0.382 e. The lowest BCUT2D eigenvalue weighted by molar-refractivity contribution is -0.442. The molecule has 0 radical (unpaired) electrons. The largest absolute Gasteiger partial charge is 0.382 e. The molecule has 1 fully saturated rings. The van der Waals surface area contributed by atoms with Gasteiger partial charge >= 0.3 is 5.97 Å². The van der Waals surface area contributed by atoms with E-state index in [2.05, 4.69) is 0 Å². The lowest BCUT2D eigenvalue weighted by Gasteiger charge is -2.30. The number of methoxy groups -OCH3 is 1. The van der Waals surface area contributed by atoms with Crippen LogP contribution >= 0.6 is 0 Å². The van der Waals surface area contributed by atoms with E-state index < -0.39 is 90.4 Å². The molecule has 5 rings (SSSR count). The smallest absolute Gasteiger partial charge is 0.335 e. The number of amides is 2. The monoisotopic (exact) mass is 1110 g/mol. The molecule has 2 unspecified atom stereocenters. The summed E-state index contributed by atoms with van der Waals surface area (Å²) in [5.74, 6) is -3.24. The highest BCUT2D eigenvalue weighted by atomic mass is 32.2. The third-order valence-electron chi connectivity index (χ3n) is 12.4. The van der Waals surface area contributed by atoms with Crippen molar-refractivity contribution < 1.29 is 99.4 Å². The number of imide groups is 1. The Kier molecular flexibility index (Phi) is 20.6. The number of carbonyl (C=O) groups excluding carboxylic acids is 3. The zero-order chi connectivity index (χ0) is 53.8. The van der Waals surface area contributed by atoms with Crippen LogP contribution in [0.25, 0.3) is 0 Å². The normalized spacial score (nSPS) is 20.0. The Hall–Kier alpha value is -4.56. The number of ether oxygens (including phenoxy) is 5. The van der Waals surface area contributed by atoms with Gasteiger partial charge in [0.15, 0.2) is 12.3 Å². The third-order valence-corrected chi connectivity index (χ3v) is 15.7. The molecule has 24 nitrogen and oxygen atoms in total. The van der Waals surface area contributed by atoms with Gasteiger partial charge in [0, 0.05) is 61.0 Å². The average molecular weight is 1110 g/mol. The molecule has 0 aliphatic carbocycles. The fourth-order valence-corrected chi connectivity index (χ4v) is 10.9. The van der Waals surface area contributed by atoms with Gasteiger partial charge in [0.05, 0.1) is 86.0 Å². The lowest BCUT2D eigenvalue weighted by atomic mass is 9.75. The van der Waals surface area contributed by atoms with Crippen LogP contribution in [0.5, 0.6) is 0 Å². The van der Waals surface area contributed by atoms with Crippen LogP contribution in [-0.2, 0) is 94.2 Å². The van der Waals surface area contributed by atoms with Crippen molar-refractivity contribution >= 4 is 75.3 Å². The molecule has 28 heteroatoms. The molecule has 2 aromatic carbocycles. The van der Waals surface area contributed by atoms with Gasteiger partial charge in [0.2, 0.25) is 5.69 Å². The van der Waals surface area contributed by atoms with Gasteiger partial charge in [-0.3, -0.25) is 27.8 Å². The number of benzene rings is 2. The van der Waals surface area contributed by atoms with Gasteiger partial charge in [-0.2, -0.15) is 38.2 Å². The van der Waals surface area contributed by atoms with Gasteiger partial charge in [0.25, 0.3) is 52.3 Å². The van der Waals surface area contributed by atoms with Gasteiger partial charge in [-0.15, -0.1) is 5.06 Å². The van der Waals surface area contributed by atoms with Crippen LogP contribution < -0.4 is 4.90 Å². The number of nitrogens with zero attached hydrogens (tertiary/aromatic N) is 3. The van der Waals surface area contributed by atoms with Crippen LogP contribution in [0.15, 0.2) is 70.1 Å². The highest BCUT2D eigenvalue weighted by Gasteiger charge is 2.49. The summed E-state index contributed by atoms with van der Waals surface area (Å²) >= 11 is 0. The van der Waals surface area contributed by atoms with Crippen molar-refractivity contribution in [1.82, 2.24) is 5.06 Å². The number of hydrogen-bond acceptors (Lipinski definition) is 18. The second kappa shape index (κ2) is 25.3. The van der Waals surface area contributed by atoms with Crippen LogP contribution in [0.1, 0.15) is 69.9 Å². The molecule has 3 aliphatic heterocycles. The number of allylic oxidation sites excluding steroid dienone is 4. The first kappa shape index (κ1) is 59.3. The topological polar surface area (TPSA) is 334 Å². The van der Waals surface area contributed by atoms with Crippen molar-refractivity contribution in [3.05, 3.63) is 71.5 Å². The van der Waals surface area contributed by atoms with Gasteiger partial charge in [0.1, 0.15) is 6.61 Å². The molecule has 0 spiro atoms. The van der Waals surface area contributed by atoms with E-state index in [9.17, 15) is 66.3 Å². The van der Waals surface area contributed by atoms with E-state index in [-0.39, 0.29) is 111 Å². The highest BCUT2D eigenvalue weighted by molar-refractivity contribution is 7.86. The number of hydroxylamine groups is 2. The van der Waals surface area contributed by atoms with Crippen molar-refractivity contribution in [2.75, 3.05) is 96.1 Å². The minimum atomic E-state index is -4.73. The number of rotatable bonds is 31. The van der Waals surface area contributed by atoms with Crippen molar-refractivity contribution in [2.24, 2.45) is 0 Å². The summed E-state index contributed by atoms with van der Waals surface area (Å²) < 4.78 is 167. The van der Waals surface area contributed by atoms with Crippen LogP contribution in [-0.4, -0.2) is 176 Å². The summed E-state index contributed by atoms with van der Waals surface area (Å²) in [4.78, 5) is 41.1. The van der Waals surface area contributed by atoms with Gasteiger partial charge < -0.3 is 33.4 Å². The van der Waals surface area contributed by atoms with E-state index in [0.717, 1.165) is 0 Å². The maximum atomic E-state index is 12.5. The summed E-state index contributed by atoms with van der Waals surface area (Å²) in [6, 6.07) is 8.04. The maximum Gasteiger partial charge on any atom is 0.335 e. The van der Waals surface area contributed by atoms with Gasteiger partial charge in [-0.25, -0.2) is 4.79 Å². The summed E-state index contributed by atoms with van der Waals surface area (Å²) in [6.07, 6.45) is 4.77. The molecule has 1 saturated heterocycles. The number of anilines is 1. The molecule has 3 aliphatic rings. The van der Waals surface area contributed by atoms with E-state index in [1.54, 1.807) is 32.1 Å². The molecule has 406 valence electrons. The van der Waals surface area contributed by atoms with Crippen LogP contribution in [0, 0.1) is 0 Å². The predicted octanol–water partition coefficient (Wildman–Crippen LogP) is 2.80. The Labute approximate surface area is 424 Å². The third kappa shape index (κ3) is 16.2. The van der Waals surface area contributed by atoms with Crippen molar-refractivity contribution in [1.29, 1.82) is 0 Å². The first-order chi connectivity index (χ1) is 34.2. The van der Waals surface area contributed by atoms with Crippen LogP contribution in [0.2, 0.25) is 0 Å². The van der Waals surface area contributed by atoms with E-state index in [0.29, 0.717) is 45.6 Å². The summed E-state index contributed by atoms with van der Waals surface area (Å²) in [7, 11) is -16.8. The van der Waals surface area contributed by atoms with Crippen LogP contribution in [0.4, 0.5) is 11.4 Å². The van der Waals surface area contributed by atoms with Gasteiger partial charge in [-0.1, -0.05) is 6.08 Å². The van der Waals surface area contributed by atoms with E-state index in [1.807, 2.05) is 9.48 Å². The average Bonchev–Trinajstić information content (AvgIpc) is 3.82. The molecule has 73 heavy (non-hydrogen) atoms. The molecule has 4 N–H and O–H groups in total. The van der Waals surface area contributed by atoms with Crippen molar-refractivity contribution in [3.8, 4) is 0 Å². The standard InChI is InChI=1S/C45H61N3O21S4/c1-44(16-5-29-70(52,53)54)35-31-33(72(58,59)60)9-11-37(35)46(18-21-66-24-23-64-3)39(44)7-4-8-40-45(2,17-6-30-71(55,56)57)36-32-34(73(61,62)63)10-12-38(36)47(40)19-22-67-26-28-68-27-25-65-20-15-43(51)69-48-41(49)13-14-42(48)50/h4,7-12,31-32H,5-6,13-30H2,1-3H3,(H3-,52,53,54,55,56,57,58,59,60,61,62,63)/p+1. The SMILES string of the molecule is COCCOCC[N+]1=C(/C=C/C=C2/N(CCOCCOCCOCCC(=O)ON3C(=O)CCC3=O)c3ccc(S(=O)(=O)O)cc3C2(C)CCCS(=O)(=O)O)C(C)(CCCS(=O)(=O)O)c2cc(S(=O)(=O)O)ccc21. The summed E-state index contributed by atoms with van der Waals surface area (Å²) in [5, 5.41) is 0.454. The first-order valence-electron chi connectivity index (χ1n) is 23.0. The van der Waals surface area contributed by atoms with E-state index in [4.69, 9.17) is 28.5 Å². The van der Waals surface area contributed by atoms with Gasteiger partial charge in [-0.05, 0) is 81.5 Å². The zero-order valence-electron chi connectivity index (χ0n) is 40.5. The Morgan fingerprint density at radius 3 is 1.78 bits per heavy atom. The summed E-state index contributed by atoms with van der Waals surface area (Å²) in [6.45, 7) is 5.02. The summed E-state index contributed by atoms with van der Waals surface area (Å²) in [5.41, 5.74) is 0.537. The molecule has 2 atom stereocenters. The first-order valence-corrected chi connectivity index (χ1v) is 29.1. The molecular formula is C45H62N3O21S4+. The molecule has 3 heterocycles. The zero-order valence-corrected chi connectivity index (χ0v) is 43.8.